The van der Waals surface area contributed by atoms with Crippen molar-refractivity contribution in [3.63, 3.8) is 0 Å². The summed E-state index contributed by atoms with van der Waals surface area (Å²) >= 11 is 9.89. The molecule has 0 amide bonds. The van der Waals surface area contributed by atoms with Crippen molar-refractivity contribution in [1.82, 2.24) is 10.2 Å². The van der Waals surface area contributed by atoms with Gasteiger partial charge < -0.3 is 10.2 Å². The zero-order valence-electron chi connectivity index (χ0n) is 13.2. The molecule has 0 aliphatic heterocycles. The molecule has 2 rings (SSSR count). The van der Waals surface area contributed by atoms with Crippen molar-refractivity contribution >= 4 is 27.5 Å². The van der Waals surface area contributed by atoms with E-state index in [1.54, 1.807) is 0 Å². The summed E-state index contributed by atoms with van der Waals surface area (Å²) in [6, 6.07) is 7.21. The normalized spacial score (nSPS) is 18.0. The first kappa shape index (κ1) is 17.3. The van der Waals surface area contributed by atoms with Crippen molar-refractivity contribution in [3.05, 3.63) is 33.3 Å². The van der Waals surface area contributed by atoms with Crippen LogP contribution in [0.4, 0.5) is 0 Å². The molecule has 1 aromatic carbocycles. The fourth-order valence-corrected chi connectivity index (χ4v) is 3.68. The Labute approximate surface area is 142 Å². The average molecular weight is 374 g/mol. The minimum absolute atomic E-state index is 0.324. The van der Waals surface area contributed by atoms with Crippen LogP contribution in [0.25, 0.3) is 0 Å². The Morgan fingerprint density at radius 1 is 1.43 bits per heavy atom. The molecule has 118 valence electrons. The lowest BCUT2D eigenvalue weighted by Gasteiger charge is -2.27. The maximum Gasteiger partial charge on any atom is 0.0465 e. The standard InChI is InChI=1S/C17H26BrClN2/c1-4-20-17(15-8-7-14(18)11-16(15)19)9-10-21(3)12(2)13-5-6-13/h7-8,11-13,17,20H,4-6,9-10H2,1-3H3. The van der Waals surface area contributed by atoms with Crippen LogP contribution in [0.1, 0.15) is 44.7 Å². The quantitative estimate of drug-likeness (QED) is 0.699. The number of rotatable bonds is 8. The second kappa shape index (κ2) is 7.96. The topological polar surface area (TPSA) is 15.3 Å². The van der Waals surface area contributed by atoms with Gasteiger partial charge in [0.05, 0.1) is 0 Å². The van der Waals surface area contributed by atoms with Crippen LogP contribution >= 0.6 is 27.5 Å². The number of benzene rings is 1. The molecule has 1 N–H and O–H groups in total. The van der Waals surface area contributed by atoms with Crippen LogP contribution in [0, 0.1) is 5.92 Å². The van der Waals surface area contributed by atoms with Gasteiger partial charge in [0.1, 0.15) is 0 Å². The van der Waals surface area contributed by atoms with Crippen LogP contribution in [0.2, 0.25) is 5.02 Å². The van der Waals surface area contributed by atoms with Crippen molar-refractivity contribution in [2.75, 3.05) is 20.1 Å². The van der Waals surface area contributed by atoms with E-state index in [2.05, 4.69) is 59.2 Å². The highest BCUT2D eigenvalue weighted by atomic mass is 79.9. The van der Waals surface area contributed by atoms with Gasteiger partial charge in [-0.15, -0.1) is 0 Å². The van der Waals surface area contributed by atoms with Gasteiger partial charge in [-0.05, 0) is 69.9 Å². The molecule has 1 saturated carbocycles. The monoisotopic (exact) mass is 372 g/mol. The minimum atomic E-state index is 0.324. The first-order valence-electron chi connectivity index (χ1n) is 7.91. The second-order valence-corrected chi connectivity index (χ2v) is 7.45. The molecule has 0 bridgehead atoms. The fraction of sp³-hybridized carbons (Fsp3) is 0.647. The summed E-state index contributed by atoms with van der Waals surface area (Å²) in [6.07, 6.45) is 3.89. The van der Waals surface area contributed by atoms with Gasteiger partial charge in [0, 0.05) is 21.6 Å². The Kier molecular flexibility index (Phi) is 6.54. The van der Waals surface area contributed by atoms with Gasteiger partial charge in [-0.25, -0.2) is 0 Å². The van der Waals surface area contributed by atoms with Crippen LogP contribution < -0.4 is 5.32 Å². The van der Waals surface area contributed by atoms with Gasteiger partial charge in [0.25, 0.3) is 0 Å². The van der Waals surface area contributed by atoms with Crippen molar-refractivity contribution in [2.45, 2.75) is 45.2 Å². The van der Waals surface area contributed by atoms with Crippen LogP contribution in [-0.2, 0) is 0 Å². The van der Waals surface area contributed by atoms with Gasteiger partial charge in [0.15, 0.2) is 0 Å². The van der Waals surface area contributed by atoms with Gasteiger partial charge in [0.2, 0.25) is 0 Å². The highest BCUT2D eigenvalue weighted by molar-refractivity contribution is 9.10. The van der Waals surface area contributed by atoms with Gasteiger partial charge in [-0.3, -0.25) is 0 Å². The Hall–Kier alpha value is -0.0900. The summed E-state index contributed by atoms with van der Waals surface area (Å²) in [6.45, 7) is 6.56. The molecular formula is C17H26BrClN2. The van der Waals surface area contributed by atoms with E-state index < -0.39 is 0 Å². The highest BCUT2D eigenvalue weighted by Gasteiger charge is 2.30. The maximum atomic E-state index is 6.41. The lowest BCUT2D eigenvalue weighted by Crippen LogP contribution is -2.34. The summed E-state index contributed by atoms with van der Waals surface area (Å²) in [5, 5.41) is 4.41. The van der Waals surface area contributed by atoms with E-state index in [1.165, 1.54) is 18.4 Å². The van der Waals surface area contributed by atoms with Gasteiger partial charge in [-0.2, -0.15) is 0 Å². The molecule has 4 heteroatoms. The third-order valence-electron chi connectivity index (χ3n) is 4.56. The predicted octanol–water partition coefficient (Wildman–Crippen LogP) is 4.87. The van der Waals surface area contributed by atoms with Crippen LogP contribution in [-0.4, -0.2) is 31.1 Å². The van der Waals surface area contributed by atoms with Crippen molar-refractivity contribution in [1.29, 1.82) is 0 Å². The average Bonchev–Trinajstić information content (AvgIpc) is 3.27. The van der Waals surface area contributed by atoms with Crippen LogP contribution in [0.3, 0.4) is 0 Å². The van der Waals surface area contributed by atoms with E-state index in [1.807, 2.05) is 6.07 Å². The molecule has 0 radical (unpaired) electrons. The lowest BCUT2D eigenvalue weighted by atomic mass is 10.0. The van der Waals surface area contributed by atoms with Crippen LogP contribution in [0.15, 0.2) is 22.7 Å². The van der Waals surface area contributed by atoms with E-state index in [-0.39, 0.29) is 0 Å². The molecule has 1 fully saturated rings. The molecule has 1 aliphatic carbocycles. The summed E-state index contributed by atoms with van der Waals surface area (Å²) in [4.78, 5) is 2.49. The third-order valence-corrected chi connectivity index (χ3v) is 5.38. The molecule has 2 atom stereocenters. The first-order chi connectivity index (χ1) is 10.0. The van der Waals surface area contributed by atoms with Crippen molar-refractivity contribution in [2.24, 2.45) is 5.92 Å². The molecule has 1 aliphatic rings. The molecule has 21 heavy (non-hydrogen) atoms. The largest absolute Gasteiger partial charge is 0.310 e. The van der Waals surface area contributed by atoms with E-state index >= 15 is 0 Å². The third kappa shape index (κ3) is 4.95. The SMILES string of the molecule is CCNC(CCN(C)C(C)C1CC1)c1ccc(Br)cc1Cl. The summed E-state index contributed by atoms with van der Waals surface area (Å²) < 4.78 is 1.03. The van der Waals surface area contributed by atoms with E-state index in [0.717, 1.165) is 34.9 Å². The number of nitrogens with one attached hydrogen (secondary N) is 1. The van der Waals surface area contributed by atoms with Gasteiger partial charge in [-0.1, -0.05) is 40.5 Å². The number of nitrogens with zero attached hydrogens (tertiary/aromatic N) is 1. The Morgan fingerprint density at radius 2 is 2.14 bits per heavy atom. The molecule has 0 heterocycles. The summed E-state index contributed by atoms with van der Waals surface area (Å²) in [5.41, 5.74) is 1.20. The van der Waals surface area contributed by atoms with Crippen LogP contribution in [0.5, 0.6) is 0 Å². The predicted molar refractivity (Wildman–Crippen MR) is 95.0 cm³/mol. The molecule has 0 spiro atoms. The zero-order valence-corrected chi connectivity index (χ0v) is 15.5. The van der Waals surface area contributed by atoms with E-state index in [9.17, 15) is 0 Å². The fourth-order valence-electron chi connectivity index (χ4n) is 2.87. The Bertz CT molecular complexity index is 462. The Morgan fingerprint density at radius 3 is 2.71 bits per heavy atom. The summed E-state index contributed by atoms with van der Waals surface area (Å²) in [5.74, 6) is 0.920. The van der Waals surface area contributed by atoms with E-state index in [4.69, 9.17) is 11.6 Å². The molecule has 2 nitrogen and oxygen atoms in total. The lowest BCUT2D eigenvalue weighted by molar-refractivity contribution is 0.222. The number of halogens is 2. The smallest absolute Gasteiger partial charge is 0.0465 e. The minimum Gasteiger partial charge on any atom is -0.310 e. The maximum absolute atomic E-state index is 6.41. The number of hydrogen-bond donors (Lipinski definition) is 1. The molecular weight excluding hydrogens is 348 g/mol. The highest BCUT2D eigenvalue weighted by Crippen LogP contribution is 2.35. The van der Waals surface area contributed by atoms with Crippen molar-refractivity contribution in [3.8, 4) is 0 Å². The van der Waals surface area contributed by atoms with Crippen molar-refractivity contribution < 1.29 is 0 Å². The molecule has 0 saturated heterocycles. The van der Waals surface area contributed by atoms with E-state index in [0.29, 0.717) is 12.1 Å². The van der Waals surface area contributed by atoms with Gasteiger partial charge >= 0.3 is 0 Å². The molecule has 2 unspecified atom stereocenters. The molecule has 0 aromatic heterocycles. The second-order valence-electron chi connectivity index (χ2n) is 6.12. The zero-order chi connectivity index (χ0) is 15.4. The Balaban J connectivity index is 1.97. The first-order valence-corrected chi connectivity index (χ1v) is 9.08. The number of hydrogen-bond acceptors (Lipinski definition) is 2. The summed E-state index contributed by atoms with van der Waals surface area (Å²) in [7, 11) is 2.25. The molecule has 1 aromatic rings.